The summed E-state index contributed by atoms with van der Waals surface area (Å²) in [5.74, 6) is 0.00825. The van der Waals surface area contributed by atoms with E-state index in [2.05, 4.69) is 4.98 Å². The van der Waals surface area contributed by atoms with Crippen LogP contribution in [0.15, 0.2) is 18.3 Å². The summed E-state index contributed by atoms with van der Waals surface area (Å²) < 4.78 is 14.0. The molecule has 2 rings (SSSR count). The van der Waals surface area contributed by atoms with E-state index in [0.29, 0.717) is 13.1 Å². The number of alkyl halides is 1. The molecule has 0 atom stereocenters. The summed E-state index contributed by atoms with van der Waals surface area (Å²) in [5.41, 5.74) is 4.27. The van der Waals surface area contributed by atoms with E-state index in [1.165, 1.54) is 0 Å². The number of anilines is 1. The van der Waals surface area contributed by atoms with Crippen LogP contribution in [0.4, 0.5) is 10.2 Å². The molecule has 0 bridgehead atoms. The van der Waals surface area contributed by atoms with Gasteiger partial charge in [-0.3, -0.25) is 4.79 Å². The quantitative estimate of drug-likeness (QED) is 0.840. The second-order valence-electron chi connectivity index (χ2n) is 4.46. The Morgan fingerprint density at radius 1 is 1.53 bits per heavy atom. The highest BCUT2D eigenvalue weighted by Gasteiger charge is 2.40. The van der Waals surface area contributed by atoms with Crippen LogP contribution >= 0.6 is 0 Å². The van der Waals surface area contributed by atoms with Crippen molar-refractivity contribution < 1.29 is 9.18 Å². The van der Waals surface area contributed by atoms with Crippen molar-refractivity contribution in [2.45, 2.75) is 25.4 Å². The van der Waals surface area contributed by atoms with Crippen molar-refractivity contribution in [2.75, 3.05) is 18.0 Å². The molecule has 0 spiro atoms. The van der Waals surface area contributed by atoms with E-state index in [1.807, 2.05) is 24.0 Å². The number of carbonyl (C=O) groups is 1. The van der Waals surface area contributed by atoms with Crippen LogP contribution in [0.5, 0.6) is 0 Å². The molecule has 2 heterocycles. The lowest BCUT2D eigenvalue weighted by Crippen LogP contribution is -2.49. The number of nitrogens with zero attached hydrogens (tertiary/aromatic N) is 2. The van der Waals surface area contributed by atoms with Gasteiger partial charge < -0.3 is 10.6 Å². The van der Waals surface area contributed by atoms with Gasteiger partial charge >= 0.3 is 0 Å². The number of hydrogen-bond donors (Lipinski definition) is 1. The number of halogens is 1. The Morgan fingerprint density at radius 3 is 2.71 bits per heavy atom. The Morgan fingerprint density at radius 2 is 2.18 bits per heavy atom. The second kappa shape index (κ2) is 4.31. The minimum atomic E-state index is -1.85. The maximum atomic E-state index is 14.0. The molecule has 1 aromatic rings. The van der Waals surface area contributed by atoms with E-state index < -0.39 is 11.6 Å². The Bertz CT molecular complexity index is 428. The van der Waals surface area contributed by atoms with Crippen molar-refractivity contribution in [3.05, 3.63) is 23.9 Å². The van der Waals surface area contributed by atoms with Crippen LogP contribution in [0.25, 0.3) is 0 Å². The van der Waals surface area contributed by atoms with E-state index in [-0.39, 0.29) is 12.8 Å². The monoisotopic (exact) mass is 237 g/mol. The van der Waals surface area contributed by atoms with Crippen molar-refractivity contribution in [1.29, 1.82) is 0 Å². The van der Waals surface area contributed by atoms with Crippen LogP contribution in [-0.2, 0) is 4.79 Å². The largest absolute Gasteiger partial charge is 0.367 e. The zero-order valence-corrected chi connectivity index (χ0v) is 9.82. The molecule has 0 aromatic carbocycles. The normalized spacial score (nSPS) is 19.1. The van der Waals surface area contributed by atoms with Gasteiger partial charge in [0.15, 0.2) is 5.67 Å². The van der Waals surface area contributed by atoms with Gasteiger partial charge in [-0.2, -0.15) is 0 Å². The molecule has 17 heavy (non-hydrogen) atoms. The van der Waals surface area contributed by atoms with Gasteiger partial charge in [-0.15, -0.1) is 0 Å². The van der Waals surface area contributed by atoms with Gasteiger partial charge in [0.25, 0.3) is 5.91 Å². The summed E-state index contributed by atoms with van der Waals surface area (Å²) in [6, 6.07) is 3.83. The van der Waals surface area contributed by atoms with E-state index in [1.54, 1.807) is 6.20 Å². The predicted molar refractivity (Wildman–Crippen MR) is 63.5 cm³/mol. The number of aromatic nitrogens is 1. The fourth-order valence-corrected chi connectivity index (χ4v) is 2.13. The Hall–Kier alpha value is -1.65. The lowest BCUT2D eigenvalue weighted by Gasteiger charge is -2.35. The van der Waals surface area contributed by atoms with Crippen LogP contribution < -0.4 is 10.6 Å². The Kier molecular flexibility index (Phi) is 3.00. The van der Waals surface area contributed by atoms with Gasteiger partial charge in [-0.25, -0.2) is 9.37 Å². The smallest absolute Gasteiger partial charge is 0.255 e. The van der Waals surface area contributed by atoms with Gasteiger partial charge in [-0.05, 0) is 18.6 Å². The van der Waals surface area contributed by atoms with E-state index >= 15 is 0 Å². The zero-order valence-electron chi connectivity index (χ0n) is 9.82. The summed E-state index contributed by atoms with van der Waals surface area (Å²) in [4.78, 5) is 17.3. The number of primary amides is 1. The molecule has 1 aliphatic rings. The Labute approximate surface area is 99.6 Å². The van der Waals surface area contributed by atoms with Gasteiger partial charge in [0.2, 0.25) is 0 Å². The predicted octanol–water partition coefficient (Wildman–Crippen LogP) is 1.18. The molecule has 1 aliphatic heterocycles. The minimum Gasteiger partial charge on any atom is -0.367 e. The molecule has 2 N–H and O–H groups in total. The number of carbonyl (C=O) groups excluding carboxylic acids is 1. The molecule has 0 aliphatic carbocycles. The lowest BCUT2D eigenvalue weighted by molar-refractivity contribution is -0.130. The molecule has 0 radical (unpaired) electrons. The van der Waals surface area contributed by atoms with Crippen molar-refractivity contribution in [1.82, 2.24) is 4.98 Å². The van der Waals surface area contributed by atoms with Crippen LogP contribution in [0, 0.1) is 6.92 Å². The first kappa shape index (κ1) is 11.8. The molecule has 0 unspecified atom stereocenters. The topological polar surface area (TPSA) is 59.2 Å². The first-order valence-corrected chi connectivity index (χ1v) is 5.68. The maximum absolute atomic E-state index is 14.0. The SMILES string of the molecule is Cc1cccnc1N1CCC(F)(C(N)=O)CC1. The third kappa shape index (κ3) is 2.23. The highest BCUT2D eigenvalue weighted by atomic mass is 19.1. The fraction of sp³-hybridized carbons (Fsp3) is 0.500. The third-order valence-corrected chi connectivity index (χ3v) is 3.28. The van der Waals surface area contributed by atoms with Crippen molar-refractivity contribution in [3.8, 4) is 0 Å². The molecular formula is C12H16FN3O. The van der Waals surface area contributed by atoms with Crippen molar-refractivity contribution >= 4 is 11.7 Å². The summed E-state index contributed by atoms with van der Waals surface area (Å²) in [6.07, 6.45) is 1.99. The van der Waals surface area contributed by atoms with E-state index in [4.69, 9.17) is 5.73 Å². The molecule has 0 saturated carbocycles. The highest BCUT2D eigenvalue weighted by Crippen LogP contribution is 2.29. The molecule has 1 aromatic heterocycles. The summed E-state index contributed by atoms with van der Waals surface area (Å²) in [6.45, 7) is 2.91. The average molecular weight is 237 g/mol. The van der Waals surface area contributed by atoms with Crippen molar-refractivity contribution in [3.63, 3.8) is 0 Å². The van der Waals surface area contributed by atoms with Crippen molar-refractivity contribution in [2.24, 2.45) is 5.73 Å². The summed E-state index contributed by atoms with van der Waals surface area (Å²) in [5, 5.41) is 0. The third-order valence-electron chi connectivity index (χ3n) is 3.28. The van der Waals surface area contributed by atoms with Crippen LogP contribution in [0.1, 0.15) is 18.4 Å². The number of amides is 1. The standard InChI is InChI=1S/C12H16FN3O/c1-9-3-2-6-15-10(9)16-7-4-12(13,5-8-16)11(14)17/h2-3,6H,4-5,7-8H2,1H3,(H2,14,17). The molecule has 1 saturated heterocycles. The lowest BCUT2D eigenvalue weighted by atomic mass is 9.92. The number of nitrogens with two attached hydrogens (primary N) is 1. The molecule has 1 fully saturated rings. The first-order chi connectivity index (χ1) is 8.03. The second-order valence-corrected chi connectivity index (χ2v) is 4.46. The number of pyridine rings is 1. The fourth-order valence-electron chi connectivity index (χ4n) is 2.13. The number of piperidine rings is 1. The Balaban J connectivity index is 2.10. The summed E-state index contributed by atoms with van der Waals surface area (Å²) >= 11 is 0. The molecular weight excluding hydrogens is 221 g/mol. The van der Waals surface area contributed by atoms with Gasteiger partial charge in [0, 0.05) is 32.1 Å². The minimum absolute atomic E-state index is 0.137. The van der Waals surface area contributed by atoms with Gasteiger partial charge in [0.05, 0.1) is 0 Å². The first-order valence-electron chi connectivity index (χ1n) is 5.68. The summed E-state index contributed by atoms with van der Waals surface area (Å²) in [7, 11) is 0. The van der Waals surface area contributed by atoms with Gasteiger partial charge in [-0.1, -0.05) is 6.07 Å². The van der Waals surface area contributed by atoms with Crippen LogP contribution in [0.2, 0.25) is 0 Å². The van der Waals surface area contributed by atoms with E-state index in [9.17, 15) is 9.18 Å². The highest BCUT2D eigenvalue weighted by molar-refractivity contribution is 5.83. The van der Waals surface area contributed by atoms with Gasteiger partial charge in [0.1, 0.15) is 5.82 Å². The number of hydrogen-bond acceptors (Lipinski definition) is 3. The maximum Gasteiger partial charge on any atom is 0.255 e. The molecule has 92 valence electrons. The molecule has 1 amide bonds. The number of aryl methyl sites for hydroxylation is 1. The zero-order chi connectivity index (χ0) is 12.5. The number of rotatable bonds is 2. The molecule has 4 nitrogen and oxygen atoms in total. The molecule has 5 heteroatoms. The average Bonchev–Trinajstić information content (AvgIpc) is 2.31. The van der Waals surface area contributed by atoms with Crippen LogP contribution in [-0.4, -0.2) is 29.6 Å². The van der Waals surface area contributed by atoms with E-state index in [0.717, 1.165) is 11.4 Å². The van der Waals surface area contributed by atoms with Crippen LogP contribution in [0.3, 0.4) is 0 Å².